The summed E-state index contributed by atoms with van der Waals surface area (Å²) in [6, 6.07) is 5.74. The number of halogens is 1. The molecule has 0 heterocycles. The maximum atomic E-state index is 11.7. The minimum absolute atomic E-state index is 0.00663. The Morgan fingerprint density at radius 1 is 1.47 bits per heavy atom. The van der Waals surface area contributed by atoms with E-state index in [1.807, 2.05) is 32.0 Å². The first-order chi connectivity index (χ1) is 8.97. The van der Waals surface area contributed by atoms with Gasteiger partial charge < -0.3 is 10.1 Å². The molecule has 0 saturated heterocycles. The summed E-state index contributed by atoms with van der Waals surface area (Å²) >= 11 is 2.22. The Kier molecular flexibility index (Phi) is 4.44. The molecule has 1 aliphatic rings. The lowest BCUT2D eigenvalue weighted by Gasteiger charge is -2.09. The first-order valence-electron chi connectivity index (χ1n) is 6.20. The van der Waals surface area contributed by atoms with Crippen LogP contribution in [0.2, 0.25) is 0 Å². The van der Waals surface area contributed by atoms with Crippen LogP contribution < -0.4 is 5.32 Å². The highest BCUT2D eigenvalue weighted by atomic mass is 127. The molecule has 0 aliphatic heterocycles. The summed E-state index contributed by atoms with van der Waals surface area (Å²) in [6.45, 7) is 3.71. The van der Waals surface area contributed by atoms with E-state index in [1.54, 1.807) is 0 Å². The zero-order valence-electron chi connectivity index (χ0n) is 10.9. The molecule has 102 valence electrons. The number of carbonyl (C=O) groups is 2. The van der Waals surface area contributed by atoms with E-state index in [1.165, 1.54) is 0 Å². The van der Waals surface area contributed by atoms with Crippen molar-refractivity contribution in [3.8, 4) is 0 Å². The molecule has 1 aromatic rings. The fraction of sp³-hybridized carbons (Fsp3) is 0.429. The number of carbonyl (C=O) groups excluding carboxylic acids is 2. The van der Waals surface area contributed by atoms with E-state index >= 15 is 0 Å². The Morgan fingerprint density at radius 3 is 2.74 bits per heavy atom. The van der Waals surface area contributed by atoms with Crippen molar-refractivity contribution in [3.05, 3.63) is 27.3 Å². The van der Waals surface area contributed by atoms with Crippen molar-refractivity contribution in [2.45, 2.75) is 20.3 Å². The van der Waals surface area contributed by atoms with Gasteiger partial charge in [0.05, 0.1) is 5.92 Å². The van der Waals surface area contributed by atoms with Crippen LogP contribution in [-0.4, -0.2) is 18.5 Å². The highest BCUT2D eigenvalue weighted by Gasteiger charge is 2.40. The van der Waals surface area contributed by atoms with Crippen LogP contribution in [0.15, 0.2) is 18.2 Å². The van der Waals surface area contributed by atoms with Gasteiger partial charge in [0.25, 0.3) is 5.91 Å². The molecule has 2 atom stereocenters. The molecule has 0 unspecified atom stereocenters. The summed E-state index contributed by atoms with van der Waals surface area (Å²) < 4.78 is 6.09. The molecule has 0 aromatic heterocycles. The third kappa shape index (κ3) is 3.92. The van der Waals surface area contributed by atoms with Crippen LogP contribution in [0.25, 0.3) is 0 Å². The number of aryl methyl sites for hydroxylation is 1. The summed E-state index contributed by atoms with van der Waals surface area (Å²) in [4.78, 5) is 23.2. The Bertz CT molecular complexity index is 515. The van der Waals surface area contributed by atoms with Gasteiger partial charge in [-0.2, -0.15) is 0 Å². The molecule has 2 rings (SSSR count). The SMILES string of the molecule is Cc1cc(I)ccc1NC(=O)COC(=O)[C@@H]1C[C@H]1C. The lowest BCUT2D eigenvalue weighted by Crippen LogP contribution is -2.22. The third-order valence-electron chi connectivity index (χ3n) is 3.22. The number of hydrogen-bond acceptors (Lipinski definition) is 3. The lowest BCUT2D eigenvalue weighted by molar-refractivity contribution is -0.148. The van der Waals surface area contributed by atoms with Gasteiger partial charge in [-0.1, -0.05) is 6.92 Å². The Labute approximate surface area is 126 Å². The number of anilines is 1. The van der Waals surface area contributed by atoms with Crippen molar-refractivity contribution in [1.82, 2.24) is 0 Å². The molecule has 5 heteroatoms. The van der Waals surface area contributed by atoms with Crippen LogP contribution in [0.3, 0.4) is 0 Å². The van der Waals surface area contributed by atoms with Gasteiger partial charge in [0, 0.05) is 9.26 Å². The number of ether oxygens (including phenoxy) is 1. The largest absolute Gasteiger partial charge is 0.455 e. The molecular weight excluding hydrogens is 357 g/mol. The Balaban J connectivity index is 1.82. The van der Waals surface area contributed by atoms with Gasteiger partial charge in [-0.15, -0.1) is 0 Å². The number of nitrogens with one attached hydrogen (secondary N) is 1. The molecule has 19 heavy (non-hydrogen) atoms. The van der Waals surface area contributed by atoms with E-state index < -0.39 is 0 Å². The Morgan fingerprint density at radius 2 is 2.16 bits per heavy atom. The molecule has 1 N–H and O–H groups in total. The number of benzene rings is 1. The van der Waals surface area contributed by atoms with Crippen LogP contribution in [0.1, 0.15) is 18.9 Å². The van der Waals surface area contributed by atoms with Crippen LogP contribution >= 0.6 is 22.6 Å². The van der Waals surface area contributed by atoms with Gasteiger partial charge in [0.2, 0.25) is 0 Å². The van der Waals surface area contributed by atoms with Gasteiger partial charge in [-0.3, -0.25) is 9.59 Å². The zero-order chi connectivity index (χ0) is 14.0. The second-order valence-electron chi connectivity index (χ2n) is 4.93. The number of rotatable bonds is 4. The van der Waals surface area contributed by atoms with E-state index in [0.29, 0.717) is 5.92 Å². The average molecular weight is 373 g/mol. The third-order valence-corrected chi connectivity index (χ3v) is 3.89. The van der Waals surface area contributed by atoms with Crippen LogP contribution in [0.4, 0.5) is 5.69 Å². The number of amides is 1. The molecule has 1 saturated carbocycles. The highest BCUT2D eigenvalue weighted by Crippen LogP contribution is 2.38. The molecule has 1 fully saturated rings. The minimum Gasteiger partial charge on any atom is -0.455 e. The van der Waals surface area contributed by atoms with Crippen molar-refractivity contribution in [2.75, 3.05) is 11.9 Å². The monoisotopic (exact) mass is 373 g/mol. The molecule has 0 bridgehead atoms. The van der Waals surface area contributed by atoms with Crippen molar-refractivity contribution < 1.29 is 14.3 Å². The summed E-state index contributed by atoms with van der Waals surface area (Å²) in [6.07, 6.45) is 0.872. The van der Waals surface area contributed by atoms with Crippen molar-refractivity contribution >= 4 is 40.2 Å². The molecule has 1 aliphatic carbocycles. The highest BCUT2D eigenvalue weighted by molar-refractivity contribution is 14.1. The van der Waals surface area contributed by atoms with Crippen molar-refractivity contribution in [1.29, 1.82) is 0 Å². The summed E-state index contributed by atoms with van der Waals surface area (Å²) in [7, 11) is 0. The van der Waals surface area contributed by atoms with Gasteiger partial charge >= 0.3 is 5.97 Å². The fourth-order valence-corrected chi connectivity index (χ4v) is 2.49. The quantitative estimate of drug-likeness (QED) is 0.652. The van der Waals surface area contributed by atoms with E-state index in [-0.39, 0.29) is 24.4 Å². The predicted molar refractivity (Wildman–Crippen MR) is 80.8 cm³/mol. The minimum atomic E-state index is -0.300. The molecule has 0 radical (unpaired) electrons. The summed E-state index contributed by atoms with van der Waals surface area (Å²) in [5, 5.41) is 2.74. The van der Waals surface area contributed by atoms with Crippen molar-refractivity contribution in [2.24, 2.45) is 11.8 Å². The second kappa shape index (κ2) is 5.90. The first-order valence-corrected chi connectivity index (χ1v) is 7.28. The van der Waals surface area contributed by atoms with Gasteiger partial charge in [0.15, 0.2) is 6.61 Å². The number of hydrogen-bond donors (Lipinski definition) is 1. The average Bonchev–Trinajstić information content (AvgIpc) is 3.07. The standard InChI is InChI=1S/C14H16INO3/c1-8-6-11(8)14(18)19-7-13(17)16-12-4-3-10(15)5-9(12)2/h3-5,8,11H,6-7H2,1-2H3,(H,16,17)/t8-,11-/m1/s1. The van der Waals surface area contributed by atoms with E-state index in [2.05, 4.69) is 27.9 Å². The molecular formula is C14H16INO3. The van der Waals surface area contributed by atoms with Crippen molar-refractivity contribution in [3.63, 3.8) is 0 Å². The first kappa shape index (κ1) is 14.3. The molecule has 4 nitrogen and oxygen atoms in total. The maximum Gasteiger partial charge on any atom is 0.309 e. The molecule has 1 aromatic carbocycles. The predicted octanol–water partition coefficient (Wildman–Crippen LogP) is 2.74. The van der Waals surface area contributed by atoms with E-state index in [0.717, 1.165) is 21.2 Å². The molecule has 1 amide bonds. The van der Waals surface area contributed by atoms with Gasteiger partial charge in [-0.25, -0.2) is 0 Å². The van der Waals surface area contributed by atoms with Gasteiger partial charge in [0.1, 0.15) is 0 Å². The zero-order valence-corrected chi connectivity index (χ0v) is 13.1. The van der Waals surface area contributed by atoms with E-state index in [4.69, 9.17) is 4.74 Å². The van der Waals surface area contributed by atoms with Crippen LogP contribution in [-0.2, 0) is 14.3 Å². The summed E-state index contributed by atoms with van der Waals surface area (Å²) in [5.74, 6) is -0.171. The smallest absolute Gasteiger partial charge is 0.309 e. The van der Waals surface area contributed by atoms with Gasteiger partial charge in [-0.05, 0) is 65.6 Å². The van der Waals surface area contributed by atoms with E-state index in [9.17, 15) is 9.59 Å². The van der Waals surface area contributed by atoms with Crippen LogP contribution in [0, 0.1) is 22.3 Å². The van der Waals surface area contributed by atoms with Crippen LogP contribution in [0.5, 0.6) is 0 Å². The number of esters is 1. The Hall–Kier alpha value is -1.11. The summed E-state index contributed by atoms with van der Waals surface area (Å²) in [5.41, 5.74) is 1.74. The normalized spacial score (nSPS) is 20.8. The fourth-order valence-electron chi connectivity index (χ4n) is 1.85. The molecule has 0 spiro atoms. The topological polar surface area (TPSA) is 55.4 Å². The second-order valence-corrected chi connectivity index (χ2v) is 6.18. The lowest BCUT2D eigenvalue weighted by atomic mass is 10.2. The maximum absolute atomic E-state index is 11.7.